The zero-order valence-electron chi connectivity index (χ0n) is 44.6. The van der Waals surface area contributed by atoms with Crippen LogP contribution in [0.4, 0.5) is 11.4 Å². The topological polar surface area (TPSA) is 54.4 Å². The second-order valence-electron chi connectivity index (χ2n) is 17.5. The molecule has 5 heterocycles. The number of para-hydroxylation sites is 4. The smallest absolute Gasteiger partial charge is 2.00 e. The average Bonchev–Trinajstić information content (AvgIpc) is 4.15. The number of aromatic nitrogens is 3. The van der Waals surface area contributed by atoms with Crippen LogP contribution in [0.3, 0.4) is 0 Å². The van der Waals surface area contributed by atoms with Crippen molar-refractivity contribution < 1.29 is 40.2 Å². The van der Waals surface area contributed by atoms with Gasteiger partial charge in [0.2, 0.25) is 0 Å². The largest absolute Gasteiger partial charge is 2.00 e. The Kier molecular flexibility index (Phi) is 35.9. The van der Waals surface area contributed by atoms with Crippen molar-refractivity contribution in [2.24, 2.45) is 0 Å². The molecule has 0 unspecified atom stereocenters. The first kappa shape index (κ1) is 67.1. The molecule has 0 saturated carbocycles. The Balaban J connectivity index is 0.000000495. The molecule has 72 heavy (non-hydrogen) atoms. The normalized spacial score (nSPS) is 12.3. The minimum Gasteiger partial charge on any atom is 2.00 e. The van der Waals surface area contributed by atoms with Crippen LogP contribution in [0, 0.1) is 20.5 Å². The third-order valence-electron chi connectivity index (χ3n) is 11.2. The molecule has 2 aliphatic rings. The third kappa shape index (κ3) is 22.9. The Morgan fingerprint density at radius 3 is 1.38 bits per heavy atom. The number of ether oxygens (including phenoxy) is 1. The Morgan fingerprint density at radius 2 is 1.03 bits per heavy atom. The van der Waals surface area contributed by atoms with Crippen LogP contribution < -0.4 is 9.80 Å². The van der Waals surface area contributed by atoms with E-state index in [1.165, 1.54) is 62.8 Å². The van der Waals surface area contributed by atoms with Crippen LogP contribution in [-0.2, 0) is 46.6 Å². The maximum Gasteiger partial charge on any atom is 2.00 e. The van der Waals surface area contributed by atoms with E-state index in [0.717, 1.165) is 48.2 Å². The predicted molar refractivity (Wildman–Crippen MR) is 312 cm³/mol. The summed E-state index contributed by atoms with van der Waals surface area (Å²) < 4.78 is 5.97. The maximum atomic E-state index is 5.48. The van der Waals surface area contributed by atoms with Crippen LogP contribution in [-0.4, -0.2) is 41.3 Å². The molecule has 0 aliphatic carbocycles. The molecule has 7 aromatic rings. The van der Waals surface area contributed by atoms with E-state index < -0.39 is 0 Å². The first-order valence-corrected chi connectivity index (χ1v) is 29.8. The number of anilines is 2. The fourth-order valence-electron chi connectivity index (χ4n) is 7.73. The van der Waals surface area contributed by atoms with Crippen molar-refractivity contribution in [3.05, 3.63) is 192 Å². The quantitative estimate of drug-likeness (QED) is 0.117. The number of aryl methyl sites for hydroxylation is 1. The summed E-state index contributed by atoms with van der Waals surface area (Å²) in [6.07, 6.45) is 10.6. The van der Waals surface area contributed by atoms with Gasteiger partial charge in [-0.2, -0.15) is 20.5 Å². The maximum absolute atomic E-state index is 5.48. The summed E-state index contributed by atoms with van der Waals surface area (Å²) >= 11 is 8.74. The minimum atomic E-state index is -0.106. The SMILES string of the molecule is Brc1cnc2ccccc2c1.C1CCOC1.CC(C)c1cccc(C(C)C)c1N1[CH-]N(c2c(C(C)C)cccc2C(C)C)CC1.CCc1cnc2ccccc2c1.Clc1cccnc1.[CH2-]C.[CH2-]C.[Cl][Pd][Cl].[Zn+2]. The van der Waals surface area contributed by atoms with Gasteiger partial charge in [-0.05, 0) is 123 Å². The fraction of sp³-hybridized carbons (Fsp3) is 0.367. The molecule has 0 amide bonds. The van der Waals surface area contributed by atoms with E-state index in [9.17, 15) is 0 Å². The van der Waals surface area contributed by atoms with Crippen LogP contribution in [0.2, 0.25) is 5.02 Å². The summed E-state index contributed by atoms with van der Waals surface area (Å²) in [5.41, 5.74) is 12.1. The molecule has 12 heteroatoms. The number of hydrogen-bond donors (Lipinski definition) is 0. The first-order chi connectivity index (χ1) is 34.3. The molecular formula is C60H78BrCl3N5OPdZn-. The number of fused-ring (bicyclic) bond motifs is 2. The van der Waals surface area contributed by atoms with Crippen LogP contribution in [0.15, 0.2) is 138 Å². The van der Waals surface area contributed by atoms with Crippen molar-refractivity contribution in [3.63, 3.8) is 0 Å². The minimum absolute atomic E-state index is 0. The monoisotopic (exact) mass is 1240 g/mol. The van der Waals surface area contributed by atoms with E-state index in [1.807, 2.05) is 54.9 Å². The molecule has 0 N–H and O–H groups in total. The van der Waals surface area contributed by atoms with Gasteiger partial charge in [0.05, 0.1) is 16.1 Å². The molecular weight excluding hydrogens is 1160 g/mol. The Morgan fingerprint density at radius 1 is 0.611 bits per heavy atom. The Hall–Kier alpha value is -2.95. The molecule has 9 rings (SSSR count). The third-order valence-corrected chi connectivity index (χ3v) is 11.8. The van der Waals surface area contributed by atoms with E-state index in [2.05, 4.69) is 178 Å². The number of nitrogens with zero attached hydrogens (tertiary/aromatic N) is 5. The molecule has 390 valence electrons. The molecule has 3 aromatic heterocycles. The van der Waals surface area contributed by atoms with E-state index in [1.54, 1.807) is 38.4 Å². The van der Waals surface area contributed by atoms with Gasteiger partial charge in [0.15, 0.2) is 0 Å². The number of benzene rings is 4. The Bertz CT molecular complexity index is 2380. The van der Waals surface area contributed by atoms with Crippen molar-refractivity contribution >= 4 is 79.8 Å². The van der Waals surface area contributed by atoms with Gasteiger partial charge in [-0.15, -0.1) is 0 Å². The van der Waals surface area contributed by atoms with Gasteiger partial charge in [0.1, 0.15) is 0 Å². The van der Waals surface area contributed by atoms with Crippen molar-refractivity contribution in [2.75, 3.05) is 36.1 Å². The molecule has 2 aliphatic heterocycles. The summed E-state index contributed by atoms with van der Waals surface area (Å²) in [7, 11) is 9.63. The summed E-state index contributed by atoms with van der Waals surface area (Å²) in [6, 6.07) is 37.8. The second kappa shape index (κ2) is 38.6. The van der Waals surface area contributed by atoms with Gasteiger partial charge in [0.25, 0.3) is 0 Å². The molecule has 0 spiro atoms. The van der Waals surface area contributed by atoms with Crippen molar-refractivity contribution in [1.29, 1.82) is 0 Å². The molecule has 0 atom stereocenters. The van der Waals surface area contributed by atoms with Gasteiger partial charge in [-0.25, -0.2) is 0 Å². The summed E-state index contributed by atoms with van der Waals surface area (Å²) in [6.45, 7) is 37.0. The van der Waals surface area contributed by atoms with E-state index in [-0.39, 0.29) is 35.4 Å². The number of halogens is 4. The zero-order valence-corrected chi connectivity index (χ0v) is 53.0. The van der Waals surface area contributed by atoms with Gasteiger partial charge in [-0.1, -0.05) is 147 Å². The number of pyridine rings is 3. The van der Waals surface area contributed by atoms with Crippen molar-refractivity contribution in [1.82, 2.24) is 15.0 Å². The molecule has 0 bridgehead atoms. The molecule has 0 radical (unpaired) electrons. The van der Waals surface area contributed by atoms with Gasteiger partial charge >= 0.3 is 54.5 Å². The summed E-state index contributed by atoms with van der Waals surface area (Å²) in [4.78, 5) is 17.3. The van der Waals surface area contributed by atoms with E-state index >= 15 is 0 Å². The Labute approximate surface area is 477 Å². The first-order valence-electron chi connectivity index (χ1n) is 24.6. The van der Waals surface area contributed by atoms with E-state index in [0.29, 0.717) is 28.7 Å². The molecule has 2 saturated heterocycles. The standard InChI is InChI=1S/C27H39N2.C11H11N.C9H6BrN.C5H4ClN.C4H8O.2C2H5.2ClH.Pd.Zn/c1-18(2)22-11-9-12-23(19(3)4)26(22)28-15-16-29(17-28)27-24(20(5)6)13-10-14-25(27)21(7)8;1-2-9-7-10-5-3-4-6-11(10)12-8-9;10-8-5-7-3-1-2-4-9(7)11-6-8;6-5-2-1-3-7-4-5;1-2-4-5-3-1;2*1-2;;;;/h9-14,17-21H,15-16H2,1-8H3;3-8H,2H2,1H3;1-6H;1-4H;1-4H2;2*1H2,2H3;2*1H;;/q-1;;;;;2*-1;;;2*+2/p-2. The van der Waals surface area contributed by atoms with E-state index in [4.69, 9.17) is 35.4 Å². The zero-order chi connectivity index (χ0) is 52.7. The van der Waals surface area contributed by atoms with Crippen molar-refractivity contribution in [2.45, 2.75) is 119 Å². The molecule has 2 fully saturated rings. The van der Waals surface area contributed by atoms with Crippen LogP contribution in [0.25, 0.3) is 21.8 Å². The van der Waals surface area contributed by atoms with Gasteiger partial charge in [0, 0.05) is 77.7 Å². The molecule has 4 aromatic carbocycles. The van der Waals surface area contributed by atoms with Crippen LogP contribution >= 0.6 is 46.6 Å². The van der Waals surface area contributed by atoms with Crippen LogP contribution in [0.1, 0.15) is 140 Å². The van der Waals surface area contributed by atoms with Crippen molar-refractivity contribution in [3.8, 4) is 0 Å². The molecule has 6 nitrogen and oxygen atoms in total. The fourth-order valence-corrected chi connectivity index (χ4v) is 8.21. The summed E-state index contributed by atoms with van der Waals surface area (Å²) in [5.74, 6) is 2.06. The number of rotatable bonds is 7. The van der Waals surface area contributed by atoms with Gasteiger partial charge in [-0.3, -0.25) is 15.0 Å². The average molecular weight is 1240 g/mol. The van der Waals surface area contributed by atoms with Gasteiger partial charge < -0.3 is 28.4 Å². The number of hydrogen-bond acceptors (Lipinski definition) is 6. The van der Waals surface area contributed by atoms with Crippen LogP contribution in [0.5, 0.6) is 0 Å². The second-order valence-corrected chi connectivity index (χ2v) is 21.2. The predicted octanol–water partition coefficient (Wildman–Crippen LogP) is 19.0. The summed E-state index contributed by atoms with van der Waals surface area (Å²) in [5, 5.41) is 3.08.